The number of nitrogens with zero attached hydrogens (tertiary/aromatic N) is 1. The van der Waals surface area contributed by atoms with E-state index in [-0.39, 0.29) is 33.6 Å². The third-order valence-corrected chi connectivity index (χ3v) is 5.25. The third-order valence-electron chi connectivity index (χ3n) is 3.86. The van der Waals surface area contributed by atoms with Crippen molar-refractivity contribution in [1.29, 1.82) is 0 Å². The van der Waals surface area contributed by atoms with E-state index in [1.807, 2.05) is 0 Å². The van der Waals surface area contributed by atoms with Gasteiger partial charge >= 0.3 is 5.97 Å². The highest BCUT2D eigenvalue weighted by Crippen LogP contribution is 2.27. The molecule has 0 bridgehead atoms. The van der Waals surface area contributed by atoms with Crippen LogP contribution in [0.25, 0.3) is 0 Å². The lowest BCUT2D eigenvalue weighted by Gasteiger charge is -2.10. The highest BCUT2D eigenvalue weighted by molar-refractivity contribution is 8.00. The molecule has 0 aliphatic rings. The van der Waals surface area contributed by atoms with E-state index < -0.39 is 23.4 Å². The fourth-order valence-corrected chi connectivity index (χ4v) is 3.44. The number of methoxy groups -OCH3 is 1. The second kappa shape index (κ2) is 12.6. The highest BCUT2D eigenvalue weighted by Gasteiger charge is 2.17. The predicted octanol–water partition coefficient (Wildman–Crippen LogP) is 2.90. The zero-order valence-corrected chi connectivity index (χ0v) is 18.5. The number of anilines is 1. The molecular weight excluding hydrogens is 462 g/mol. The van der Waals surface area contributed by atoms with Crippen molar-refractivity contribution >= 4 is 52.5 Å². The second-order valence-corrected chi connectivity index (χ2v) is 7.60. The quantitative estimate of drug-likeness (QED) is 0.164. The summed E-state index contributed by atoms with van der Waals surface area (Å²) in [4.78, 5) is 47.1. The minimum absolute atomic E-state index is 0.0686. The van der Waals surface area contributed by atoms with Crippen LogP contribution in [0.3, 0.4) is 0 Å². The lowest BCUT2D eigenvalue weighted by atomic mass is 10.2. The van der Waals surface area contributed by atoms with Crippen LogP contribution in [0.1, 0.15) is 10.4 Å². The lowest BCUT2D eigenvalue weighted by molar-refractivity contribution is -0.384. The van der Waals surface area contributed by atoms with Gasteiger partial charge in [0.05, 0.1) is 22.8 Å². The molecule has 2 aromatic carbocycles. The summed E-state index contributed by atoms with van der Waals surface area (Å²) in [7, 11) is 1.53. The minimum Gasteiger partial charge on any atom is -0.452 e. The van der Waals surface area contributed by atoms with E-state index in [0.29, 0.717) is 18.0 Å². The van der Waals surface area contributed by atoms with Crippen LogP contribution in [0, 0.1) is 10.1 Å². The van der Waals surface area contributed by atoms with Gasteiger partial charge in [0.15, 0.2) is 6.61 Å². The highest BCUT2D eigenvalue weighted by atomic mass is 35.5. The van der Waals surface area contributed by atoms with Crippen molar-refractivity contribution in [3.8, 4) is 0 Å². The van der Waals surface area contributed by atoms with Crippen molar-refractivity contribution in [3.63, 3.8) is 0 Å². The molecule has 0 aliphatic carbocycles. The van der Waals surface area contributed by atoms with Crippen LogP contribution in [0.2, 0.25) is 5.02 Å². The SMILES string of the molecule is COCCNC(=O)CSc1ccccc1C(=O)OCC(=O)Nc1ccc(Cl)c([N+](=O)[O-])c1. The molecule has 0 atom stereocenters. The van der Waals surface area contributed by atoms with Crippen LogP contribution in [0.4, 0.5) is 11.4 Å². The summed E-state index contributed by atoms with van der Waals surface area (Å²) in [6.07, 6.45) is 0. The van der Waals surface area contributed by atoms with Crippen LogP contribution in [0.5, 0.6) is 0 Å². The summed E-state index contributed by atoms with van der Waals surface area (Å²) in [6.45, 7) is 0.169. The van der Waals surface area contributed by atoms with Crippen LogP contribution in [-0.4, -0.2) is 55.3 Å². The van der Waals surface area contributed by atoms with Crippen molar-refractivity contribution in [2.75, 3.05) is 37.9 Å². The molecule has 0 aliphatic heterocycles. The molecule has 2 N–H and O–H groups in total. The summed E-state index contributed by atoms with van der Waals surface area (Å²) < 4.78 is 9.91. The van der Waals surface area contributed by atoms with Crippen molar-refractivity contribution in [3.05, 3.63) is 63.2 Å². The molecule has 0 saturated carbocycles. The van der Waals surface area contributed by atoms with Gasteiger partial charge in [-0.15, -0.1) is 11.8 Å². The van der Waals surface area contributed by atoms with Crippen molar-refractivity contribution in [2.45, 2.75) is 4.90 Å². The molecule has 0 saturated heterocycles. The first-order valence-corrected chi connectivity index (χ1v) is 10.6. The number of esters is 1. The number of nitrogens with one attached hydrogen (secondary N) is 2. The molecule has 0 spiro atoms. The maximum Gasteiger partial charge on any atom is 0.339 e. The molecule has 2 aromatic rings. The molecule has 2 amide bonds. The van der Waals surface area contributed by atoms with Crippen molar-refractivity contribution < 1.29 is 28.8 Å². The summed E-state index contributed by atoms with van der Waals surface area (Å²) in [6, 6.07) is 10.3. The number of amides is 2. The molecule has 0 heterocycles. The number of thioether (sulfide) groups is 1. The average Bonchev–Trinajstić information content (AvgIpc) is 2.77. The van der Waals surface area contributed by atoms with Gasteiger partial charge in [0.2, 0.25) is 5.91 Å². The smallest absolute Gasteiger partial charge is 0.339 e. The van der Waals surface area contributed by atoms with Crippen LogP contribution in [0.15, 0.2) is 47.4 Å². The van der Waals surface area contributed by atoms with Crippen molar-refractivity contribution in [1.82, 2.24) is 5.32 Å². The number of rotatable bonds is 11. The number of carbonyl (C=O) groups is 3. The average molecular weight is 482 g/mol. The summed E-state index contributed by atoms with van der Waals surface area (Å²) >= 11 is 6.89. The van der Waals surface area contributed by atoms with Crippen molar-refractivity contribution in [2.24, 2.45) is 0 Å². The Morgan fingerprint density at radius 1 is 1.16 bits per heavy atom. The second-order valence-electron chi connectivity index (χ2n) is 6.18. The van der Waals surface area contributed by atoms with E-state index in [4.69, 9.17) is 21.1 Å². The van der Waals surface area contributed by atoms with Gasteiger partial charge in [0.25, 0.3) is 11.6 Å². The number of nitro benzene ring substituents is 1. The minimum atomic E-state index is -0.745. The summed E-state index contributed by atoms with van der Waals surface area (Å²) in [5.74, 6) is -1.56. The van der Waals surface area contributed by atoms with Gasteiger partial charge in [-0.3, -0.25) is 19.7 Å². The molecule has 0 fully saturated rings. The molecule has 2 rings (SSSR count). The molecule has 12 heteroatoms. The lowest BCUT2D eigenvalue weighted by Crippen LogP contribution is -2.28. The number of carbonyl (C=O) groups excluding carboxylic acids is 3. The molecule has 0 aromatic heterocycles. The molecule has 0 unspecified atom stereocenters. The van der Waals surface area contributed by atoms with E-state index >= 15 is 0 Å². The largest absolute Gasteiger partial charge is 0.452 e. The van der Waals surface area contributed by atoms with Gasteiger partial charge in [-0.2, -0.15) is 0 Å². The number of nitro groups is 1. The Morgan fingerprint density at radius 3 is 2.62 bits per heavy atom. The van der Waals surface area contributed by atoms with E-state index in [1.54, 1.807) is 18.2 Å². The van der Waals surface area contributed by atoms with E-state index in [0.717, 1.165) is 17.8 Å². The van der Waals surface area contributed by atoms with Gasteiger partial charge in [-0.1, -0.05) is 23.7 Å². The molecule has 10 nitrogen and oxygen atoms in total. The Labute approximate surface area is 192 Å². The first kappa shape index (κ1) is 25.1. The maximum atomic E-state index is 12.4. The molecule has 0 radical (unpaired) electrons. The third kappa shape index (κ3) is 7.84. The van der Waals surface area contributed by atoms with Crippen LogP contribution < -0.4 is 10.6 Å². The number of benzene rings is 2. The summed E-state index contributed by atoms with van der Waals surface area (Å²) in [5, 5.41) is 15.9. The standard InChI is InChI=1S/C20H20ClN3O7S/c1-30-9-8-22-19(26)12-32-17-5-3-2-4-14(17)20(27)31-11-18(25)23-13-6-7-15(21)16(10-13)24(28)29/h2-7,10H,8-9,11-12H2,1H3,(H,22,26)(H,23,25). The maximum absolute atomic E-state index is 12.4. The number of hydrogen-bond donors (Lipinski definition) is 2. The monoisotopic (exact) mass is 481 g/mol. The van der Waals surface area contributed by atoms with E-state index in [1.165, 1.54) is 25.3 Å². The van der Waals surface area contributed by atoms with Gasteiger partial charge in [0, 0.05) is 30.3 Å². The topological polar surface area (TPSA) is 137 Å². The Kier molecular flexibility index (Phi) is 9.92. The van der Waals surface area contributed by atoms with E-state index in [9.17, 15) is 24.5 Å². The Bertz CT molecular complexity index is 1000. The normalized spacial score (nSPS) is 10.3. The Morgan fingerprint density at radius 2 is 1.91 bits per heavy atom. The summed E-state index contributed by atoms with van der Waals surface area (Å²) in [5.41, 5.74) is -0.0200. The molecular formula is C20H20ClN3O7S. The van der Waals surface area contributed by atoms with Gasteiger partial charge in [0.1, 0.15) is 5.02 Å². The Hall–Kier alpha value is -3.15. The fourth-order valence-electron chi connectivity index (χ4n) is 2.38. The fraction of sp³-hybridized carbons (Fsp3) is 0.250. The van der Waals surface area contributed by atoms with Crippen LogP contribution >= 0.6 is 23.4 Å². The van der Waals surface area contributed by atoms with Gasteiger partial charge < -0.3 is 20.1 Å². The van der Waals surface area contributed by atoms with E-state index in [2.05, 4.69) is 10.6 Å². The number of halogens is 1. The molecule has 170 valence electrons. The Balaban J connectivity index is 1.91. The zero-order chi connectivity index (χ0) is 23.5. The first-order valence-electron chi connectivity index (χ1n) is 9.20. The predicted molar refractivity (Wildman–Crippen MR) is 119 cm³/mol. The molecule has 32 heavy (non-hydrogen) atoms. The first-order chi connectivity index (χ1) is 15.3. The van der Waals surface area contributed by atoms with Gasteiger partial charge in [-0.05, 0) is 24.3 Å². The number of hydrogen-bond acceptors (Lipinski definition) is 8. The van der Waals surface area contributed by atoms with Crippen LogP contribution in [-0.2, 0) is 19.1 Å². The van der Waals surface area contributed by atoms with Gasteiger partial charge in [-0.25, -0.2) is 4.79 Å². The zero-order valence-electron chi connectivity index (χ0n) is 17.0. The number of ether oxygens (including phenoxy) is 2.